The van der Waals surface area contributed by atoms with Crippen LogP contribution in [0.2, 0.25) is 0 Å². The van der Waals surface area contributed by atoms with Crippen molar-refractivity contribution in [3.8, 4) is 11.1 Å². The normalized spacial score (nSPS) is 10.1. The fraction of sp³-hybridized carbons (Fsp3) is 0.167. The van der Waals surface area contributed by atoms with Gasteiger partial charge in [-0.2, -0.15) is 0 Å². The summed E-state index contributed by atoms with van der Waals surface area (Å²) in [6.07, 6.45) is 1.50. The lowest BCUT2D eigenvalue weighted by Gasteiger charge is -2.06. The van der Waals surface area contributed by atoms with Gasteiger partial charge in [-0.05, 0) is 29.8 Å². The SMILES string of the molecule is CCOC(=O)c1nnncc1-c1ccc(Br)cc1. The van der Waals surface area contributed by atoms with Crippen molar-refractivity contribution in [2.75, 3.05) is 6.61 Å². The first-order chi connectivity index (χ1) is 8.72. The molecule has 0 unspecified atom stereocenters. The van der Waals surface area contributed by atoms with E-state index in [1.54, 1.807) is 6.92 Å². The van der Waals surface area contributed by atoms with E-state index in [-0.39, 0.29) is 5.69 Å². The van der Waals surface area contributed by atoms with Crippen molar-refractivity contribution in [1.29, 1.82) is 0 Å². The summed E-state index contributed by atoms with van der Waals surface area (Å²) in [4.78, 5) is 11.7. The van der Waals surface area contributed by atoms with E-state index in [0.29, 0.717) is 12.2 Å². The highest BCUT2D eigenvalue weighted by atomic mass is 79.9. The standard InChI is InChI=1S/C12H10BrN3O2/c1-2-18-12(17)11-10(7-14-16-15-11)8-3-5-9(13)6-4-8/h3-7H,2H2,1H3. The third kappa shape index (κ3) is 2.70. The summed E-state index contributed by atoms with van der Waals surface area (Å²) in [5.41, 5.74) is 1.62. The molecule has 2 rings (SSSR count). The molecule has 6 heteroatoms. The number of carbonyl (C=O) groups is 1. The monoisotopic (exact) mass is 307 g/mol. The van der Waals surface area contributed by atoms with Crippen molar-refractivity contribution >= 4 is 21.9 Å². The molecule has 1 heterocycles. The maximum Gasteiger partial charge on any atom is 0.359 e. The second kappa shape index (κ2) is 5.68. The molecule has 0 bridgehead atoms. The lowest BCUT2D eigenvalue weighted by Crippen LogP contribution is -2.10. The molecule has 0 amide bonds. The van der Waals surface area contributed by atoms with Gasteiger partial charge in [-0.25, -0.2) is 4.79 Å². The highest BCUT2D eigenvalue weighted by Gasteiger charge is 2.16. The molecule has 92 valence electrons. The number of hydrogen-bond acceptors (Lipinski definition) is 5. The van der Waals surface area contributed by atoms with Crippen LogP contribution in [0.3, 0.4) is 0 Å². The Kier molecular flexibility index (Phi) is 3.99. The Morgan fingerprint density at radius 2 is 2.06 bits per heavy atom. The van der Waals surface area contributed by atoms with Crippen LogP contribution >= 0.6 is 15.9 Å². The molecule has 5 nitrogen and oxygen atoms in total. The summed E-state index contributed by atoms with van der Waals surface area (Å²) < 4.78 is 5.89. The van der Waals surface area contributed by atoms with Crippen LogP contribution in [0.15, 0.2) is 34.9 Å². The summed E-state index contributed by atoms with van der Waals surface area (Å²) >= 11 is 3.36. The largest absolute Gasteiger partial charge is 0.461 e. The highest BCUT2D eigenvalue weighted by molar-refractivity contribution is 9.10. The molecule has 1 aromatic heterocycles. The van der Waals surface area contributed by atoms with Crippen molar-refractivity contribution < 1.29 is 9.53 Å². The number of ether oxygens (including phenoxy) is 1. The molecule has 0 spiro atoms. The van der Waals surface area contributed by atoms with E-state index in [1.165, 1.54) is 6.20 Å². The zero-order valence-corrected chi connectivity index (χ0v) is 11.2. The van der Waals surface area contributed by atoms with Gasteiger partial charge >= 0.3 is 5.97 Å². The van der Waals surface area contributed by atoms with Crippen LogP contribution in [0.1, 0.15) is 17.4 Å². The van der Waals surface area contributed by atoms with Crippen molar-refractivity contribution in [2.45, 2.75) is 6.92 Å². The average Bonchev–Trinajstić information content (AvgIpc) is 2.40. The molecule has 0 aliphatic rings. The maximum absolute atomic E-state index is 11.7. The molecule has 1 aromatic carbocycles. The zero-order chi connectivity index (χ0) is 13.0. The summed E-state index contributed by atoms with van der Waals surface area (Å²) in [5, 5.41) is 10.9. The molecular weight excluding hydrogens is 298 g/mol. The molecule has 0 aliphatic heterocycles. The van der Waals surface area contributed by atoms with E-state index in [9.17, 15) is 4.79 Å². The summed E-state index contributed by atoms with van der Waals surface area (Å²) in [5.74, 6) is -0.495. The van der Waals surface area contributed by atoms with Crippen molar-refractivity contribution in [3.05, 3.63) is 40.6 Å². The van der Waals surface area contributed by atoms with Crippen LogP contribution in [-0.4, -0.2) is 28.0 Å². The van der Waals surface area contributed by atoms with Crippen LogP contribution in [0.4, 0.5) is 0 Å². The number of nitrogens with zero attached hydrogens (tertiary/aromatic N) is 3. The summed E-state index contributed by atoms with van der Waals surface area (Å²) in [6, 6.07) is 7.49. The van der Waals surface area contributed by atoms with Gasteiger partial charge in [-0.1, -0.05) is 28.1 Å². The molecule has 0 atom stereocenters. The molecule has 0 fully saturated rings. The van der Waals surface area contributed by atoms with Gasteiger partial charge in [0.05, 0.1) is 12.8 Å². The van der Waals surface area contributed by atoms with Crippen LogP contribution in [0, 0.1) is 0 Å². The number of rotatable bonds is 3. The van der Waals surface area contributed by atoms with Crippen LogP contribution in [0.5, 0.6) is 0 Å². The fourth-order valence-electron chi connectivity index (χ4n) is 1.46. The molecule has 0 radical (unpaired) electrons. The predicted octanol–water partition coefficient (Wildman–Crippen LogP) is 2.48. The lowest BCUT2D eigenvalue weighted by atomic mass is 10.1. The van der Waals surface area contributed by atoms with Gasteiger partial charge in [0.15, 0.2) is 5.69 Å². The van der Waals surface area contributed by atoms with Gasteiger partial charge in [0.25, 0.3) is 0 Å². The number of hydrogen-bond donors (Lipinski definition) is 0. The average molecular weight is 308 g/mol. The summed E-state index contributed by atoms with van der Waals surface area (Å²) in [7, 11) is 0. The quantitative estimate of drug-likeness (QED) is 0.815. The molecule has 0 aliphatic carbocycles. The molecule has 0 N–H and O–H groups in total. The minimum absolute atomic E-state index is 0.175. The second-order valence-electron chi connectivity index (χ2n) is 3.42. The fourth-order valence-corrected chi connectivity index (χ4v) is 1.72. The Balaban J connectivity index is 2.44. The first-order valence-corrected chi connectivity index (χ1v) is 6.13. The Morgan fingerprint density at radius 3 is 2.72 bits per heavy atom. The van der Waals surface area contributed by atoms with Crippen LogP contribution in [-0.2, 0) is 4.74 Å². The highest BCUT2D eigenvalue weighted by Crippen LogP contribution is 2.23. The van der Waals surface area contributed by atoms with Crippen LogP contribution < -0.4 is 0 Å². The maximum atomic E-state index is 11.7. The van der Waals surface area contributed by atoms with E-state index in [0.717, 1.165) is 10.0 Å². The van der Waals surface area contributed by atoms with E-state index in [4.69, 9.17) is 4.74 Å². The predicted molar refractivity (Wildman–Crippen MR) is 68.9 cm³/mol. The third-order valence-electron chi connectivity index (χ3n) is 2.26. The number of esters is 1. The smallest absolute Gasteiger partial charge is 0.359 e. The van der Waals surface area contributed by atoms with Crippen molar-refractivity contribution in [2.24, 2.45) is 0 Å². The van der Waals surface area contributed by atoms with Crippen molar-refractivity contribution in [1.82, 2.24) is 15.4 Å². The lowest BCUT2D eigenvalue weighted by molar-refractivity contribution is 0.0518. The topological polar surface area (TPSA) is 65.0 Å². The van der Waals surface area contributed by atoms with Gasteiger partial charge in [-0.15, -0.1) is 10.2 Å². The molecule has 0 saturated heterocycles. The Labute approximate surface area is 112 Å². The van der Waals surface area contributed by atoms with Gasteiger partial charge in [0.2, 0.25) is 0 Å². The van der Waals surface area contributed by atoms with Crippen molar-refractivity contribution in [3.63, 3.8) is 0 Å². The second-order valence-corrected chi connectivity index (χ2v) is 4.34. The van der Waals surface area contributed by atoms with Gasteiger partial charge in [-0.3, -0.25) is 0 Å². The van der Waals surface area contributed by atoms with E-state index in [2.05, 4.69) is 31.3 Å². The van der Waals surface area contributed by atoms with Gasteiger partial charge in [0, 0.05) is 10.0 Å². The first kappa shape index (κ1) is 12.6. The Bertz CT molecular complexity index is 558. The minimum Gasteiger partial charge on any atom is -0.461 e. The summed E-state index contributed by atoms with van der Waals surface area (Å²) in [6.45, 7) is 2.04. The van der Waals surface area contributed by atoms with E-state index in [1.807, 2.05) is 24.3 Å². The number of carbonyl (C=O) groups excluding carboxylic acids is 1. The first-order valence-electron chi connectivity index (χ1n) is 5.33. The number of benzene rings is 1. The molecular formula is C12H10BrN3O2. The minimum atomic E-state index is -0.495. The van der Waals surface area contributed by atoms with E-state index >= 15 is 0 Å². The van der Waals surface area contributed by atoms with Gasteiger partial charge in [0.1, 0.15) is 0 Å². The molecule has 0 saturated carbocycles. The third-order valence-corrected chi connectivity index (χ3v) is 2.79. The Hall–Kier alpha value is -1.82. The van der Waals surface area contributed by atoms with Crippen LogP contribution in [0.25, 0.3) is 11.1 Å². The molecule has 2 aromatic rings. The van der Waals surface area contributed by atoms with E-state index < -0.39 is 5.97 Å². The zero-order valence-electron chi connectivity index (χ0n) is 9.63. The number of halogens is 1. The van der Waals surface area contributed by atoms with Gasteiger partial charge < -0.3 is 4.74 Å². The molecule has 18 heavy (non-hydrogen) atoms. The number of aromatic nitrogens is 3. The Morgan fingerprint density at radius 1 is 1.33 bits per heavy atom.